The van der Waals surface area contributed by atoms with Crippen molar-refractivity contribution in [3.8, 4) is 28.0 Å². The number of ether oxygens (including phenoxy) is 1. The number of carbonyl (C=O) groups excluding carboxylic acids is 1. The third-order valence-electron chi connectivity index (χ3n) is 2.70. The molecule has 0 saturated heterocycles. The summed E-state index contributed by atoms with van der Waals surface area (Å²) in [7, 11) is 0. The van der Waals surface area contributed by atoms with Gasteiger partial charge >= 0.3 is 5.43 Å². The first kappa shape index (κ1) is 9.43. The molecule has 3 rings (SSSR count). The Labute approximate surface area is 97.4 Å². The van der Waals surface area contributed by atoms with Crippen molar-refractivity contribution < 1.29 is 9.53 Å². The van der Waals surface area contributed by atoms with Gasteiger partial charge < -0.3 is 4.74 Å². The molecular formula is C13H7ClO2. The lowest BCUT2D eigenvalue weighted by molar-refractivity contribution is 0.226. The van der Waals surface area contributed by atoms with Gasteiger partial charge in [0.2, 0.25) is 0 Å². The molecule has 16 heavy (non-hydrogen) atoms. The van der Waals surface area contributed by atoms with E-state index in [1.165, 1.54) is 5.56 Å². The minimum absolute atomic E-state index is 0.524. The monoisotopic (exact) mass is 230 g/mol. The predicted molar refractivity (Wildman–Crippen MR) is 62.7 cm³/mol. The van der Waals surface area contributed by atoms with Crippen LogP contribution < -0.4 is 4.74 Å². The lowest BCUT2D eigenvalue weighted by Gasteiger charge is -2.25. The molecule has 0 N–H and O–H groups in total. The lowest BCUT2D eigenvalue weighted by Crippen LogP contribution is -2.04. The first-order valence-corrected chi connectivity index (χ1v) is 5.25. The van der Waals surface area contributed by atoms with E-state index < -0.39 is 5.43 Å². The van der Waals surface area contributed by atoms with Crippen LogP contribution >= 0.6 is 11.6 Å². The molecule has 0 aliphatic heterocycles. The van der Waals surface area contributed by atoms with Crippen molar-refractivity contribution in [3.05, 3.63) is 42.5 Å². The van der Waals surface area contributed by atoms with Crippen molar-refractivity contribution in [2.24, 2.45) is 0 Å². The Morgan fingerprint density at radius 2 is 1.62 bits per heavy atom. The normalized spacial score (nSPS) is 11.1. The standard InChI is InChI=1S/C13H7ClO2/c14-13(15)16-11-7-3-6-10-8-4-1-2-5-9(8)12(10)11/h1-7H. The van der Waals surface area contributed by atoms with E-state index in [0.29, 0.717) is 5.75 Å². The summed E-state index contributed by atoms with van der Waals surface area (Å²) in [6.07, 6.45) is 0. The van der Waals surface area contributed by atoms with Crippen molar-refractivity contribution in [2.45, 2.75) is 0 Å². The zero-order valence-electron chi connectivity index (χ0n) is 8.24. The molecule has 2 nitrogen and oxygen atoms in total. The smallest absolute Gasteiger partial charge is 0.409 e. The van der Waals surface area contributed by atoms with Crippen molar-refractivity contribution in [3.63, 3.8) is 0 Å². The maximum absolute atomic E-state index is 10.8. The number of benzene rings is 2. The van der Waals surface area contributed by atoms with Gasteiger partial charge in [0.1, 0.15) is 5.75 Å². The number of hydrogen-bond acceptors (Lipinski definition) is 2. The zero-order valence-corrected chi connectivity index (χ0v) is 8.99. The number of fused-ring (bicyclic) bond motifs is 4. The molecule has 0 amide bonds. The van der Waals surface area contributed by atoms with Gasteiger partial charge in [-0.3, -0.25) is 0 Å². The van der Waals surface area contributed by atoms with Crippen LogP contribution in [-0.4, -0.2) is 5.43 Å². The number of hydrogen-bond donors (Lipinski definition) is 0. The highest BCUT2D eigenvalue weighted by Crippen LogP contribution is 2.51. The number of carbonyl (C=O) groups is 1. The summed E-state index contributed by atoms with van der Waals surface area (Å²) in [6, 6.07) is 13.6. The van der Waals surface area contributed by atoms with Gasteiger partial charge in [-0.1, -0.05) is 36.4 Å². The van der Waals surface area contributed by atoms with Gasteiger partial charge in [0, 0.05) is 17.2 Å². The molecule has 0 aromatic heterocycles. The van der Waals surface area contributed by atoms with Gasteiger partial charge in [0.25, 0.3) is 0 Å². The predicted octanol–water partition coefficient (Wildman–Crippen LogP) is 4.07. The highest BCUT2D eigenvalue weighted by atomic mass is 35.5. The SMILES string of the molecule is O=C(Cl)Oc1cccc2c1-c1ccccc1-2. The van der Waals surface area contributed by atoms with E-state index in [1.54, 1.807) is 6.07 Å². The molecule has 0 atom stereocenters. The van der Waals surface area contributed by atoms with E-state index >= 15 is 0 Å². The highest BCUT2D eigenvalue weighted by molar-refractivity contribution is 6.61. The summed E-state index contributed by atoms with van der Waals surface area (Å²) >= 11 is 5.23. The largest absolute Gasteiger partial charge is 0.414 e. The molecule has 78 valence electrons. The van der Waals surface area contributed by atoms with Crippen LogP contribution in [0.15, 0.2) is 42.5 Å². The molecule has 0 saturated carbocycles. The number of rotatable bonds is 1. The summed E-state index contributed by atoms with van der Waals surface area (Å²) in [5.74, 6) is 0.524. The van der Waals surface area contributed by atoms with E-state index in [2.05, 4.69) is 0 Å². The van der Waals surface area contributed by atoms with Crippen molar-refractivity contribution in [2.75, 3.05) is 0 Å². The summed E-state index contributed by atoms with van der Waals surface area (Å²) in [6.45, 7) is 0. The summed E-state index contributed by atoms with van der Waals surface area (Å²) in [5.41, 5.74) is 3.55. The lowest BCUT2D eigenvalue weighted by atomic mass is 9.80. The number of halogens is 1. The van der Waals surface area contributed by atoms with Gasteiger partial charge in [-0.2, -0.15) is 0 Å². The van der Waals surface area contributed by atoms with Crippen LogP contribution in [0.3, 0.4) is 0 Å². The van der Waals surface area contributed by atoms with Crippen LogP contribution in [-0.2, 0) is 0 Å². The second kappa shape index (κ2) is 3.35. The van der Waals surface area contributed by atoms with E-state index in [1.807, 2.05) is 36.4 Å². The van der Waals surface area contributed by atoms with E-state index in [-0.39, 0.29) is 0 Å². The summed E-state index contributed by atoms with van der Waals surface area (Å²) in [5, 5.41) is 0. The third kappa shape index (κ3) is 1.24. The van der Waals surface area contributed by atoms with Crippen LogP contribution in [0.1, 0.15) is 0 Å². The van der Waals surface area contributed by atoms with Crippen molar-refractivity contribution >= 4 is 17.0 Å². The zero-order chi connectivity index (χ0) is 11.1. The van der Waals surface area contributed by atoms with Gasteiger partial charge in [-0.25, -0.2) is 4.79 Å². The molecule has 3 heteroatoms. The van der Waals surface area contributed by atoms with Gasteiger partial charge in [-0.05, 0) is 22.8 Å². The Morgan fingerprint density at radius 3 is 2.38 bits per heavy atom. The molecular weight excluding hydrogens is 224 g/mol. The van der Waals surface area contributed by atoms with Crippen LogP contribution in [0, 0.1) is 0 Å². The molecule has 2 aromatic rings. The second-order valence-electron chi connectivity index (χ2n) is 3.56. The van der Waals surface area contributed by atoms with Crippen LogP contribution in [0.2, 0.25) is 0 Å². The third-order valence-corrected chi connectivity index (χ3v) is 2.78. The Balaban J connectivity index is 2.14. The Hall–Kier alpha value is -1.80. The molecule has 1 aliphatic carbocycles. The average Bonchev–Trinajstić information content (AvgIpc) is 2.24. The van der Waals surface area contributed by atoms with Gasteiger partial charge in [-0.15, -0.1) is 0 Å². The Kier molecular flexibility index (Phi) is 1.98. The summed E-state index contributed by atoms with van der Waals surface area (Å²) < 4.78 is 4.96. The molecule has 1 aliphatic rings. The van der Waals surface area contributed by atoms with Crippen molar-refractivity contribution in [1.29, 1.82) is 0 Å². The Morgan fingerprint density at radius 1 is 0.938 bits per heavy atom. The van der Waals surface area contributed by atoms with Gasteiger partial charge in [0.15, 0.2) is 0 Å². The highest BCUT2D eigenvalue weighted by Gasteiger charge is 2.25. The Bertz CT molecular complexity index is 590. The molecule has 0 spiro atoms. The van der Waals surface area contributed by atoms with Crippen LogP contribution in [0.25, 0.3) is 22.3 Å². The van der Waals surface area contributed by atoms with Crippen LogP contribution in [0.4, 0.5) is 4.79 Å². The maximum atomic E-state index is 10.8. The average molecular weight is 231 g/mol. The minimum atomic E-state index is -0.808. The van der Waals surface area contributed by atoms with E-state index in [0.717, 1.165) is 16.7 Å². The summed E-state index contributed by atoms with van der Waals surface area (Å²) in [4.78, 5) is 10.8. The fourth-order valence-corrected chi connectivity index (χ4v) is 2.16. The van der Waals surface area contributed by atoms with E-state index in [9.17, 15) is 4.79 Å². The van der Waals surface area contributed by atoms with Crippen LogP contribution in [0.5, 0.6) is 5.75 Å². The first-order valence-electron chi connectivity index (χ1n) is 4.87. The first-order chi connectivity index (χ1) is 7.77. The fraction of sp³-hybridized carbons (Fsp3) is 0. The minimum Gasteiger partial charge on any atom is -0.414 e. The van der Waals surface area contributed by atoms with E-state index in [4.69, 9.17) is 16.3 Å². The van der Waals surface area contributed by atoms with Gasteiger partial charge in [0.05, 0.1) is 0 Å². The molecule has 0 heterocycles. The topological polar surface area (TPSA) is 26.3 Å². The molecule has 0 radical (unpaired) electrons. The molecule has 0 unspecified atom stereocenters. The molecule has 0 fully saturated rings. The quantitative estimate of drug-likeness (QED) is 0.589. The van der Waals surface area contributed by atoms with Crippen molar-refractivity contribution in [1.82, 2.24) is 0 Å². The molecule has 2 aromatic carbocycles. The second-order valence-corrected chi connectivity index (χ2v) is 3.87. The molecule has 0 bridgehead atoms. The fourth-order valence-electron chi connectivity index (χ4n) is 2.08. The maximum Gasteiger partial charge on any atom is 0.409 e.